The first-order valence-corrected chi connectivity index (χ1v) is 10.8. The van der Waals surface area contributed by atoms with Gasteiger partial charge in [0, 0.05) is 31.9 Å². The Balaban J connectivity index is 1.73. The number of anilines is 1. The Morgan fingerprint density at radius 2 is 1.48 bits per heavy atom. The first kappa shape index (κ1) is 19.7. The second-order valence-corrected chi connectivity index (χ2v) is 8.92. The van der Waals surface area contributed by atoms with Gasteiger partial charge in [-0.3, -0.25) is 0 Å². The molecule has 1 aliphatic rings. The van der Waals surface area contributed by atoms with Crippen molar-refractivity contribution in [1.29, 1.82) is 0 Å². The minimum absolute atomic E-state index is 0.461. The van der Waals surface area contributed by atoms with Gasteiger partial charge in [0.1, 0.15) is 5.75 Å². The van der Waals surface area contributed by atoms with E-state index >= 15 is 0 Å². The summed E-state index contributed by atoms with van der Waals surface area (Å²) in [7, 11) is -3.47. The van der Waals surface area contributed by atoms with E-state index in [0.29, 0.717) is 37.7 Å². The molecule has 2 aromatic carbocycles. The molecule has 1 fully saturated rings. The molecule has 1 saturated heterocycles. The first-order chi connectivity index (χ1) is 12.8. The van der Waals surface area contributed by atoms with Gasteiger partial charge in [0.05, 0.1) is 11.5 Å². The van der Waals surface area contributed by atoms with Crippen LogP contribution in [0.1, 0.15) is 23.6 Å². The Hall–Kier alpha value is -2.05. The van der Waals surface area contributed by atoms with E-state index in [1.165, 1.54) is 0 Å². The van der Waals surface area contributed by atoms with Crippen LogP contribution in [-0.4, -0.2) is 45.5 Å². The van der Waals surface area contributed by atoms with Crippen molar-refractivity contribution >= 4 is 15.7 Å². The van der Waals surface area contributed by atoms with Crippen LogP contribution in [-0.2, 0) is 10.0 Å². The Kier molecular flexibility index (Phi) is 5.77. The summed E-state index contributed by atoms with van der Waals surface area (Å²) < 4.78 is 33.5. The quantitative estimate of drug-likeness (QED) is 0.786. The maximum Gasteiger partial charge on any atom is 0.243 e. The summed E-state index contributed by atoms with van der Waals surface area (Å²) in [6.07, 6.45) is 0. The average Bonchev–Trinajstić information content (AvgIpc) is 2.61. The number of ether oxygens (including phenoxy) is 1. The van der Waals surface area contributed by atoms with Gasteiger partial charge >= 0.3 is 0 Å². The highest BCUT2D eigenvalue weighted by atomic mass is 32.2. The molecule has 1 aliphatic heterocycles. The van der Waals surface area contributed by atoms with Gasteiger partial charge in [-0.25, -0.2) is 8.42 Å². The molecule has 0 amide bonds. The maximum absolute atomic E-state index is 13.2. The van der Waals surface area contributed by atoms with Crippen molar-refractivity contribution in [3.8, 4) is 5.75 Å². The third-order valence-corrected chi connectivity index (χ3v) is 7.16. The highest BCUT2D eigenvalue weighted by Crippen LogP contribution is 2.27. The van der Waals surface area contributed by atoms with Gasteiger partial charge in [-0.05, 0) is 63.1 Å². The van der Waals surface area contributed by atoms with Crippen LogP contribution in [0.15, 0.2) is 41.3 Å². The van der Waals surface area contributed by atoms with Crippen molar-refractivity contribution in [2.24, 2.45) is 0 Å². The Labute approximate surface area is 162 Å². The maximum atomic E-state index is 13.2. The number of sulfonamides is 1. The highest BCUT2D eigenvalue weighted by molar-refractivity contribution is 7.89. The molecule has 2 aromatic rings. The number of hydrogen-bond donors (Lipinski definition) is 0. The predicted molar refractivity (Wildman–Crippen MR) is 109 cm³/mol. The third-order valence-electron chi connectivity index (χ3n) is 4.95. The summed E-state index contributed by atoms with van der Waals surface area (Å²) in [5.74, 6) is 0.854. The Morgan fingerprint density at radius 1 is 0.926 bits per heavy atom. The fraction of sp³-hybridized carbons (Fsp3) is 0.429. The van der Waals surface area contributed by atoms with Gasteiger partial charge in [-0.1, -0.05) is 17.7 Å². The topological polar surface area (TPSA) is 49.9 Å². The molecule has 0 spiro atoms. The molecular formula is C21H28N2O3S. The lowest BCUT2D eigenvalue weighted by Crippen LogP contribution is -2.48. The number of nitrogens with zero attached hydrogens (tertiary/aromatic N) is 2. The zero-order chi connectivity index (χ0) is 19.6. The second-order valence-electron chi connectivity index (χ2n) is 7.05. The van der Waals surface area contributed by atoms with E-state index in [2.05, 4.69) is 4.90 Å². The van der Waals surface area contributed by atoms with Crippen LogP contribution in [0.2, 0.25) is 0 Å². The molecule has 0 atom stereocenters. The average molecular weight is 389 g/mol. The van der Waals surface area contributed by atoms with Gasteiger partial charge in [-0.2, -0.15) is 4.31 Å². The molecular weight excluding hydrogens is 360 g/mol. The van der Waals surface area contributed by atoms with Gasteiger partial charge in [0.25, 0.3) is 0 Å². The van der Waals surface area contributed by atoms with Crippen LogP contribution in [0, 0.1) is 20.8 Å². The van der Waals surface area contributed by atoms with Gasteiger partial charge < -0.3 is 9.64 Å². The molecule has 0 bridgehead atoms. The fourth-order valence-corrected chi connectivity index (χ4v) is 5.64. The number of hydrogen-bond acceptors (Lipinski definition) is 4. The molecule has 6 heteroatoms. The van der Waals surface area contributed by atoms with Crippen LogP contribution in [0.3, 0.4) is 0 Å². The summed E-state index contributed by atoms with van der Waals surface area (Å²) in [5.41, 5.74) is 3.82. The highest BCUT2D eigenvalue weighted by Gasteiger charge is 2.31. The Morgan fingerprint density at radius 3 is 2.00 bits per heavy atom. The molecule has 0 unspecified atom stereocenters. The molecule has 0 aliphatic carbocycles. The lowest BCUT2D eigenvalue weighted by molar-refractivity contribution is 0.340. The largest absolute Gasteiger partial charge is 0.494 e. The molecule has 5 nitrogen and oxygen atoms in total. The number of rotatable bonds is 5. The third kappa shape index (κ3) is 4.12. The summed E-state index contributed by atoms with van der Waals surface area (Å²) >= 11 is 0. The summed E-state index contributed by atoms with van der Waals surface area (Å²) in [5, 5.41) is 0. The van der Waals surface area contributed by atoms with E-state index in [-0.39, 0.29) is 0 Å². The van der Waals surface area contributed by atoms with Crippen LogP contribution in [0.4, 0.5) is 5.69 Å². The van der Waals surface area contributed by atoms with Crippen molar-refractivity contribution in [1.82, 2.24) is 4.31 Å². The van der Waals surface area contributed by atoms with Gasteiger partial charge in [0.2, 0.25) is 10.0 Å². The fourth-order valence-electron chi connectivity index (χ4n) is 3.81. The predicted octanol–water partition coefficient (Wildman–Crippen LogP) is 3.52. The standard InChI is InChI=1S/C21H28N2O3S/c1-5-26-20-8-6-19(7-9-20)22-10-12-23(13-11-22)27(24,25)21-17(3)14-16(2)15-18(21)4/h6-9,14-15H,5,10-13H2,1-4H3. The first-order valence-electron chi connectivity index (χ1n) is 9.38. The monoisotopic (exact) mass is 388 g/mol. The minimum Gasteiger partial charge on any atom is -0.494 e. The molecule has 0 saturated carbocycles. The van der Waals surface area contributed by atoms with Crippen molar-refractivity contribution in [3.63, 3.8) is 0 Å². The lowest BCUT2D eigenvalue weighted by atomic mass is 10.1. The van der Waals surface area contributed by atoms with Crippen LogP contribution >= 0.6 is 0 Å². The van der Waals surface area contributed by atoms with Crippen molar-refractivity contribution < 1.29 is 13.2 Å². The van der Waals surface area contributed by atoms with Crippen molar-refractivity contribution in [2.75, 3.05) is 37.7 Å². The van der Waals surface area contributed by atoms with Crippen molar-refractivity contribution in [2.45, 2.75) is 32.6 Å². The zero-order valence-electron chi connectivity index (χ0n) is 16.5. The molecule has 27 heavy (non-hydrogen) atoms. The summed E-state index contributed by atoms with van der Waals surface area (Å²) in [6.45, 7) is 10.7. The second kappa shape index (κ2) is 7.90. The zero-order valence-corrected chi connectivity index (χ0v) is 17.3. The molecule has 0 radical (unpaired) electrons. The lowest BCUT2D eigenvalue weighted by Gasteiger charge is -2.36. The van der Waals surface area contributed by atoms with E-state index in [1.807, 2.05) is 64.1 Å². The summed E-state index contributed by atoms with van der Waals surface area (Å²) in [4.78, 5) is 2.68. The SMILES string of the molecule is CCOc1ccc(N2CCN(S(=O)(=O)c3c(C)cc(C)cc3C)CC2)cc1. The van der Waals surface area contributed by atoms with Crippen LogP contribution in [0.25, 0.3) is 0 Å². The molecule has 0 aromatic heterocycles. The van der Waals surface area contributed by atoms with Crippen molar-refractivity contribution in [3.05, 3.63) is 53.1 Å². The van der Waals surface area contributed by atoms with Gasteiger partial charge in [-0.15, -0.1) is 0 Å². The number of piperazine rings is 1. The number of aryl methyl sites for hydroxylation is 3. The normalized spacial score (nSPS) is 15.8. The molecule has 3 rings (SSSR count). The van der Waals surface area contributed by atoms with Crippen LogP contribution < -0.4 is 9.64 Å². The molecule has 1 heterocycles. The van der Waals surface area contributed by atoms with E-state index in [4.69, 9.17) is 4.74 Å². The van der Waals surface area contributed by atoms with E-state index in [9.17, 15) is 8.42 Å². The number of benzene rings is 2. The Bertz CT molecular complexity index is 877. The van der Waals surface area contributed by atoms with Crippen LogP contribution in [0.5, 0.6) is 5.75 Å². The van der Waals surface area contributed by atoms with E-state index in [1.54, 1.807) is 4.31 Å². The molecule has 0 N–H and O–H groups in total. The summed E-state index contributed by atoms with van der Waals surface area (Å²) in [6, 6.07) is 11.9. The van der Waals surface area contributed by atoms with E-state index in [0.717, 1.165) is 28.1 Å². The molecule has 146 valence electrons. The smallest absolute Gasteiger partial charge is 0.243 e. The van der Waals surface area contributed by atoms with E-state index < -0.39 is 10.0 Å². The van der Waals surface area contributed by atoms with Gasteiger partial charge in [0.15, 0.2) is 0 Å². The minimum atomic E-state index is -3.47.